The van der Waals surface area contributed by atoms with Crippen LogP contribution < -0.4 is 10.6 Å². The van der Waals surface area contributed by atoms with Gasteiger partial charge in [-0.2, -0.15) is 20.0 Å². The molecular formula is C24H25ClN10O. The molecule has 3 aromatic rings. The third kappa shape index (κ3) is 4.54. The zero-order valence-corrected chi connectivity index (χ0v) is 20.4. The van der Waals surface area contributed by atoms with E-state index in [1.165, 1.54) is 10.7 Å². The molecule has 4 heterocycles. The molecule has 1 saturated carbocycles. The number of imidazole rings is 1. The maximum atomic E-state index is 9.67. The number of hydrogen-bond donors (Lipinski definition) is 2. The molecule has 3 aliphatic rings. The summed E-state index contributed by atoms with van der Waals surface area (Å²) in [6.07, 6.45) is 3.60. The molecule has 0 radical (unpaired) electrons. The summed E-state index contributed by atoms with van der Waals surface area (Å²) in [7, 11) is 0. The van der Waals surface area contributed by atoms with Crippen LogP contribution in [0.4, 0.5) is 17.5 Å². The molecule has 11 nitrogen and oxygen atoms in total. The first-order valence-electron chi connectivity index (χ1n) is 12.1. The van der Waals surface area contributed by atoms with Crippen molar-refractivity contribution < 1.29 is 4.74 Å². The van der Waals surface area contributed by atoms with Crippen molar-refractivity contribution in [2.75, 3.05) is 50.0 Å². The lowest BCUT2D eigenvalue weighted by Gasteiger charge is -2.42. The first kappa shape index (κ1) is 23.0. The molecule has 12 heteroatoms. The molecule has 1 aromatic carbocycles. The molecule has 6 rings (SSSR count). The molecule has 36 heavy (non-hydrogen) atoms. The van der Waals surface area contributed by atoms with E-state index in [-0.39, 0.29) is 5.95 Å². The minimum absolute atomic E-state index is 0.263. The number of aromatic nitrogens is 4. The predicted molar refractivity (Wildman–Crippen MR) is 133 cm³/mol. The maximum Gasteiger partial charge on any atom is 0.247 e. The summed E-state index contributed by atoms with van der Waals surface area (Å²) in [5.74, 6) is 0.818. The molecule has 2 N–H and O–H groups in total. The van der Waals surface area contributed by atoms with Crippen LogP contribution in [0, 0.1) is 22.7 Å². The minimum Gasteiger partial charge on any atom is -0.378 e. The van der Waals surface area contributed by atoms with Gasteiger partial charge < -0.3 is 15.4 Å². The van der Waals surface area contributed by atoms with Crippen LogP contribution in [0.2, 0.25) is 5.02 Å². The quantitative estimate of drug-likeness (QED) is 0.494. The first-order valence-corrected chi connectivity index (χ1v) is 12.4. The molecule has 2 saturated heterocycles. The van der Waals surface area contributed by atoms with Gasteiger partial charge in [-0.3, -0.25) is 9.80 Å². The average molecular weight is 505 g/mol. The summed E-state index contributed by atoms with van der Waals surface area (Å²) in [5.41, 5.74) is 2.72. The molecule has 0 bridgehead atoms. The summed E-state index contributed by atoms with van der Waals surface area (Å²) < 4.78 is 6.80. The smallest absolute Gasteiger partial charge is 0.247 e. The van der Waals surface area contributed by atoms with Gasteiger partial charge in [0.05, 0.1) is 47.8 Å². The average Bonchev–Trinajstić information content (AvgIpc) is 3.57. The van der Waals surface area contributed by atoms with E-state index in [0.717, 1.165) is 57.8 Å². The van der Waals surface area contributed by atoms with Gasteiger partial charge in [-0.05, 0) is 30.5 Å². The summed E-state index contributed by atoms with van der Waals surface area (Å²) in [6, 6.07) is 8.76. The fourth-order valence-electron chi connectivity index (χ4n) is 4.57. The van der Waals surface area contributed by atoms with E-state index in [9.17, 15) is 10.5 Å². The molecule has 2 aliphatic heterocycles. The van der Waals surface area contributed by atoms with E-state index in [1.54, 1.807) is 6.07 Å². The summed E-state index contributed by atoms with van der Waals surface area (Å²) in [5, 5.41) is 30.7. The minimum atomic E-state index is 0.263. The van der Waals surface area contributed by atoms with Crippen LogP contribution in [0.5, 0.6) is 0 Å². The van der Waals surface area contributed by atoms with Crippen molar-refractivity contribution in [1.82, 2.24) is 29.4 Å². The second kappa shape index (κ2) is 9.52. The van der Waals surface area contributed by atoms with E-state index < -0.39 is 0 Å². The van der Waals surface area contributed by atoms with Crippen molar-refractivity contribution in [2.45, 2.75) is 31.5 Å². The zero-order valence-electron chi connectivity index (χ0n) is 19.6. The SMILES string of the molecule is N#Cc1cc(CN2CCN(C3COC3)CC2)c(Cl)c(Nc2nc(NC3CC3)c3ncc(C#N)n3n2)c1. The van der Waals surface area contributed by atoms with Crippen LogP contribution in [-0.4, -0.2) is 80.9 Å². The van der Waals surface area contributed by atoms with Crippen molar-refractivity contribution in [1.29, 1.82) is 10.5 Å². The lowest BCUT2D eigenvalue weighted by atomic mass is 10.1. The second-order valence-electron chi connectivity index (χ2n) is 9.43. The van der Waals surface area contributed by atoms with Crippen LogP contribution in [-0.2, 0) is 11.3 Å². The molecule has 184 valence electrons. The number of rotatable bonds is 7. The Morgan fingerprint density at radius 1 is 1.11 bits per heavy atom. The van der Waals surface area contributed by atoms with E-state index in [1.807, 2.05) is 6.07 Å². The molecule has 3 fully saturated rings. The van der Waals surface area contributed by atoms with E-state index in [4.69, 9.17) is 16.3 Å². The van der Waals surface area contributed by atoms with Crippen molar-refractivity contribution in [3.05, 3.63) is 40.2 Å². The topological polar surface area (TPSA) is 130 Å². The number of fused-ring (bicyclic) bond motifs is 1. The number of nitrogens with zero attached hydrogens (tertiary/aromatic N) is 8. The summed E-state index contributed by atoms with van der Waals surface area (Å²) in [6.45, 7) is 6.14. The fraction of sp³-hybridized carbons (Fsp3) is 0.458. The highest BCUT2D eigenvalue weighted by atomic mass is 35.5. The maximum absolute atomic E-state index is 9.67. The third-order valence-electron chi connectivity index (χ3n) is 6.86. The summed E-state index contributed by atoms with van der Waals surface area (Å²) >= 11 is 6.84. The third-order valence-corrected chi connectivity index (χ3v) is 7.30. The highest BCUT2D eigenvalue weighted by Gasteiger charge is 2.29. The van der Waals surface area contributed by atoms with Crippen LogP contribution in [0.25, 0.3) is 5.65 Å². The molecule has 2 aromatic heterocycles. The van der Waals surface area contributed by atoms with Gasteiger partial charge in [0.2, 0.25) is 5.95 Å². The van der Waals surface area contributed by atoms with Crippen LogP contribution >= 0.6 is 11.6 Å². The monoisotopic (exact) mass is 504 g/mol. The Morgan fingerprint density at radius 2 is 1.92 bits per heavy atom. The molecule has 0 spiro atoms. The van der Waals surface area contributed by atoms with Gasteiger partial charge >= 0.3 is 0 Å². The van der Waals surface area contributed by atoms with Gasteiger partial charge in [0, 0.05) is 38.8 Å². The molecule has 0 amide bonds. The van der Waals surface area contributed by atoms with Crippen molar-refractivity contribution >= 4 is 34.7 Å². The number of hydrogen-bond acceptors (Lipinski definition) is 10. The van der Waals surface area contributed by atoms with Gasteiger partial charge in [-0.1, -0.05) is 11.6 Å². The van der Waals surface area contributed by atoms with E-state index in [0.29, 0.717) is 52.1 Å². The van der Waals surface area contributed by atoms with Crippen molar-refractivity contribution in [3.63, 3.8) is 0 Å². The van der Waals surface area contributed by atoms with Crippen LogP contribution in [0.15, 0.2) is 18.3 Å². The predicted octanol–water partition coefficient (Wildman–Crippen LogP) is 2.36. The molecule has 0 atom stereocenters. The van der Waals surface area contributed by atoms with Crippen LogP contribution in [0.3, 0.4) is 0 Å². The molecule has 0 unspecified atom stereocenters. The Balaban J connectivity index is 1.26. The van der Waals surface area contributed by atoms with Gasteiger partial charge in [-0.25, -0.2) is 4.98 Å². The lowest BCUT2D eigenvalue weighted by Crippen LogP contribution is -2.56. The standard InChI is InChI=1S/C24H25ClN10O/c25-21-16(12-33-3-5-34(6-4-33)19-13-36-14-19)7-15(9-26)8-20(21)30-24-31-22(29-17-1-2-17)23-28-11-18(10-27)35(23)32-24/h7-8,11,17,19H,1-6,12-14H2,(H2,29,30,31,32). The van der Waals surface area contributed by atoms with Crippen LogP contribution in [0.1, 0.15) is 29.7 Å². The van der Waals surface area contributed by atoms with Gasteiger partial charge in [0.15, 0.2) is 17.2 Å². The highest BCUT2D eigenvalue weighted by molar-refractivity contribution is 6.34. The Kier molecular flexibility index (Phi) is 6.07. The lowest BCUT2D eigenvalue weighted by molar-refractivity contribution is -0.0774. The van der Waals surface area contributed by atoms with E-state index in [2.05, 4.69) is 47.6 Å². The van der Waals surface area contributed by atoms with Gasteiger partial charge in [-0.15, -0.1) is 5.10 Å². The Labute approximate surface area is 213 Å². The van der Waals surface area contributed by atoms with Crippen molar-refractivity contribution in [3.8, 4) is 12.1 Å². The number of halogens is 1. The fourth-order valence-corrected chi connectivity index (χ4v) is 4.78. The largest absolute Gasteiger partial charge is 0.378 e. The number of nitrogens with one attached hydrogen (secondary N) is 2. The Bertz CT molecular complexity index is 1380. The molecular weight excluding hydrogens is 480 g/mol. The normalized spacial score (nSPS) is 19.0. The number of ether oxygens (including phenoxy) is 1. The Hall–Kier alpha value is -3.48. The summed E-state index contributed by atoms with van der Waals surface area (Å²) in [4.78, 5) is 13.8. The number of anilines is 3. The second-order valence-corrected chi connectivity index (χ2v) is 9.81. The van der Waals surface area contributed by atoms with Gasteiger partial charge in [0.1, 0.15) is 6.07 Å². The molecule has 1 aliphatic carbocycles. The highest BCUT2D eigenvalue weighted by Crippen LogP contribution is 2.32. The number of piperazine rings is 1. The zero-order chi connectivity index (χ0) is 24.6. The van der Waals surface area contributed by atoms with Gasteiger partial charge in [0.25, 0.3) is 0 Å². The Morgan fingerprint density at radius 3 is 2.58 bits per heavy atom. The first-order chi connectivity index (χ1) is 17.6. The van der Waals surface area contributed by atoms with Crippen molar-refractivity contribution in [2.24, 2.45) is 0 Å². The number of benzene rings is 1. The number of nitriles is 2. The van der Waals surface area contributed by atoms with E-state index >= 15 is 0 Å².